The average Bonchev–Trinajstić information content (AvgIpc) is 3.27. The zero-order valence-corrected chi connectivity index (χ0v) is 16.3. The Labute approximate surface area is 165 Å². The third-order valence-corrected chi connectivity index (χ3v) is 5.96. The quantitative estimate of drug-likeness (QED) is 0.558. The number of fused-ring (bicyclic) bond motifs is 3. The van der Waals surface area contributed by atoms with Crippen molar-refractivity contribution in [2.75, 3.05) is 11.9 Å². The topological polar surface area (TPSA) is 84.2 Å². The first-order valence-electron chi connectivity index (χ1n) is 9.45. The number of nitrogens with zero attached hydrogens (tertiary/aromatic N) is 4. The van der Waals surface area contributed by atoms with E-state index in [-0.39, 0.29) is 11.9 Å². The minimum absolute atomic E-state index is 0.00891. The summed E-state index contributed by atoms with van der Waals surface area (Å²) in [6.07, 6.45) is 2.76. The molecule has 1 aromatic carbocycles. The molecule has 0 unspecified atom stereocenters. The number of carbonyl (C=O) groups is 1. The van der Waals surface area contributed by atoms with Crippen molar-refractivity contribution in [1.82, 2.24) is 24.9 Å². The highest BCUT2D eigenvalue weighted by molar-refractivity contribution is 7.10. The number of aryl methyl sites for hydroxylation is 1. The van der Waals surface area contributed by atoms with Gasteiger partial charge in [-0.3, -0.25) is 4.79 Å². The number of aromatic nitrogens is 4. The van der Waals surface area contributed by atoms with Crippen molar-refractivity contribution in [2.45, 2.75) is 32.2 Å². The molecule has 3 aromatic heterocycles. The first kappa shape index (κ1) is 17.1. The summed E-state index contributed by atoms with van der Waals surface area (Å²) in [5.74, 6) is 1.22. The Morgan fingerprint density at radius 1 is 1.21 bits per heavy atom. The van der Waals surface area contributed by atoms with E-state index in [0.29, 0.717) is 11.8 Å². The van der Waals surface area contributed by atoms with Gasteiger partial charge in [0.1, 0.15) is 6.04 Å². The van der Waals surface area contributed by atoms with Gasteiger partial charge in [0.2, 0.25) is 11.9 Å². The third kappa shape index (κ3) is 2.90. The maximum Gasteiger partial charge on any atom is 0.242 e. The summed E-state index contributed by atoms with van der Waals surface area (Å²) in [7, 11) is 0. The number of carbonyl (C=O) groups excluding carboxylic acids is 1. The summed E-state index contributed by atoms with van der Waals surface area (Å²) in [6.45, 7) is 2.79. The molecule has 1 aliphatic rings. The standard InChI is InChI=1S/C20H20N6OS/c1-12-13(9-11-28-12)17-24-18-14-6-2-3-7-15(14)22-20(26(18)25-17)23-16-8-4-5-10-21-19(16)27/h2-3,6-7,9,11,16H,4-5,8,10H2,1H3,(H,21,27)(H,22,23)/t16-/m1/s1. The van der Waals surface area contributed by atoms with Crippen LogP contribution in [0.1, 0.15) is 24.1 Å². The molecule has 0 saturated carbocycles. The van der Waals surface area contributed by atoms with E-state index in [1.807, 2.05) is 35.7 Å². The monoisotopic (exact) mass is 392 g/mol. The molecule has 4 aromatic rings. The normalized spacial score (nSPS) is 17.6. The van der Waals surface area contributed by atoms with Gasteiger partial charge in [-0.05, 0) is 49.8 Å². The van der Waals surface area contributed by atoms with Crippen molar-refractivity contribution >= 4 is 39.7 Å². The van der Waals surface area contributed by atoms with Crippen LogP contribution >= 0.6 is 11.3 Å². The Kier molecular flexibility index (Phi) is 4.20. The van der Waals surface area contributed by atoms with Gasteiger partial charge >= 0.3 is 0 Å². The van der Waals surface area contributed by atoms with E-state index in [1.165, 1.54) is 4.88 Å². The van der Waals surface area contributed by atoms with Gasteiger partial charge in [-0.25, -0.2) is 9.97 Å². The van der Waals surface area contributed by atoms with Crippen molar-refractivity contribution in [3.63, 3.8) is 0 Å². The lowest BCUT2D eigenvalue weighted by Crippen LogP contribution is -2.38. The Bertz CT molecular complexity index is 1180. The van der Waals surface area contributed by atoms with Crippen molar-refractivity contribution in [3.05, 3.63) is 40.6 Å². The molecule has 1 fully saturated rings. The lowest BCUT2D eigenvalue weighted by molar-refractivity contribution is -0.121. The van der Waals surface area contributed by atoms with Gasteiger partial charge in [-0.1, -0.05) is 12.1 Å². The van der Waals surface area contributed by atoms with E-state index in [1.54, 1.807) is 15.9 Å². The largest absolute Gasteiger partial charge is 0.354 e. The summed E-state index contributed by atoms with van der Waals surface area (Å²) in [6, 6.07) is 9.59. The van der Waals surface area contributed by atoms with Gasteiger partial charge in [-0.15, -0.1) is 16.4 Å². The van der Waals surface area contributed by atoms with Gasteiger partial charge in [0.15, 0.2) is 11.5 Å². The van der Waals surface area contributed by atoms with Gasteiger partial charge < -0.3 is 10.6 Å². The smallest absolute Gasteiger partial charge is 0.242 e. The van der Waals surface area contributed by atoms with Crippen LogP contribution in [0.4, 0.5) is 5.95 Å². The van der Waals surface area contributed by atoms with Crippen molar-refractivity contribution < 1.29 is 4.79 Å². The van der Waals surface area contributed by atoms with E-state index in [4.69, 9.17) is 15.1 Å². The molecule has 4 heterocycles. The highest BCUT2D eigenvalue weighted by Crippen LogP contribution is 2.28. The Morgan fingerprint density at radius 2 is 2.11 bits per heavy atom. The fourth-order valence-electron chi connectivity index (χ4n) is 3.61. The number of rotatable bonds is 3. The fraction of sp³-hybridized carbons (Fsp3) is 0.300. The Balaban J connectivity index is 1.67. The van der Waals surface area contributed by atoms with Crippen LogP contribution in [0.25, 0.3) is 27.9 Å². The zero-order chi connectivity index (χ0) is 19.1. The molecular formula is C20H20N6OS. The van der Waals surface area contributed by atoms with Gasteiger partial charge in [-0.2, -0.15) is 4.52 Å². The molecule has 2 N–H and O–H groups in total. The molecule has 28 heavy (non-hydrogen) atoms. The molecule has 1 aliphatic heterocycles. The molecule has 1 amide bonds. The minimum atomic E-state index is -0.324. The second-order valence-corrected chi connectivity index (χ2v) is 8.12. The number of nitrogens with one attached hydrogen (secondary N) is 2. The van der Waals surface area contributed by atoms with E-state index in [9.17, 15) is 4.79 Å². The van der Waals surface area contributed by atoms with Crippen LogP contribution in [0.3, 0.4) is 0 Å². The van der Waals surface area contributed by atoms with E-state index in [0.717, 1.165) is 47.9 Å². The van der Waals surface area contributed by atoms with E-state index >= 15 is 0 Å². The molecule has 0 spiro atoms. The van der Waals surface area contributed by atoms with Crippen LogP contribution in [0.15, 0.2) is 35.7 Å². The van der Waals surface area contributed by atoms with E-state index in [2.05, 4.69) is 17.6 Å². The first-order valence-corrected chi connectivity index (χ1v) is 10.3. The van der Waals surface area contributed by atoms with Gasteiger partial charge in [0.25, 0.3) is 0 Å². The number of hydrogen-bond donors (Lipinski definition) is 2. The summed E-state index contributed by atoms with van der Waals surface area (Å²) >= 11 is 1.67. The van der Waals surface area contributed by atoms with Crippen LogP contribution < -0.4 is 10.6 Å². The molecule has 1 saturated heterocycles. The number of amides is 1. The highest BCUT2D eigenvalue weighted by Gasteiger charge is 2.23. The van der Waals surface area contributed by atoms with E-state index < -0.39 is 0 Å². The molecular weight excluding hydrogens is 372 g/mol. The van der Waals surface area contributed by atoms with Gasteiger partial charge in [0.05, 0.1) is 5.52 Å². The third-order valence-electron chi connectivity index (χ3n) is 5.12. The number of anilines is 1. The first-order chi connectivity index (χ1) is 13.7. The highest BCUT2D eigenvalue weighted by atomic mass is 32.1. The molecule has 8 heteroatoms. The summed E-state index contributed by atoms with van der Waals surface area (Å²) < 4.78 is 1.73. The summed E-state index contributed by atoms with van der Waals surface area (Å²) in [4.78, 5) is 23.1. The van der Waals surface area contributed by atoms with Crippen LogP contribution in [-0.2, 0) is 4.79 Å². The van der Waals surface area contributed by atoms with Gasteiger partial charge in [0, 0.05) is 22.4 Å². The minimum Gasteiger partial charge on any atom is -0.354 e. The summed E-state index contributed by atoms with van der Waals surface area (Å²) in [5, 5.41) is 14.0. The lowest BCUT2D eigenvalue weighted by atomic mass is 10.1. The SMILES string of the molecule is Cc1sccc1-c1nc2c3ccccc3nc(N[C@@H]3CCCCNC3=O)n2n1. The van der Waals surface area contributed by atoms with Crippen LogP contribution in [-0.4, -0.2) is 38.1 Å². The predicted octanol–water partition coefficient (Wildman–Crippen LogP) is 3.40. The molecule has 142 valence electrons. The second kappa shape index (κ2) is 6.87. The van der Waals surface area contributed by atoms with Crippen LogP contribution in [0, 0.1) is 6.92 Å². The zero-order valence-electron chi connectivity index (χ0n) is 15.5. The molecule has 7 nitrogen and oxygen atoms in total. The molecule has 1 atom stereocenters. The second-order valence-electron chi connectivity index (χ2n) is 7.00. The number of hydrogen-bond acceptors (Lipinski definition) is 6. The fourth-order valence-corrected chi connectivity index (χ4v) is 4.31. The molecule has 0 aliphatic carbocycles. The van der Waals surface area contributed by atoms with Crippen molar-refractivity contribution in [1.29, 1.82) is 0 Å². The van der Waals surface area contributed by atoms with Crippen molar-refractivity contribution in [3.8, 4) is 11.4 Å². The Hall–Kier alpha value is -3.00. The average molecular weight is 392 g/mol. The predicted molar refractivity (Wildman–Crippen MR) is 111 cm³/mol. The lowest BCUT2D eigenvalue weighted by Gasteiger charge is -2.16. The molecule has 0 bridgehead atoms. The number of thiophene rings is 1. The molecule has 0 radical (unpaired) electrons. The number of benzene rings is 1. The molecule has 5 rings (SSSR count). The Morgan fingerprint density at radius 3 is 2.96 bits per heavy atom. The number of para-hydroxylation sites is 1. The maximum absolute atomic E-state index is 12.4. The van der Waals surface area contributed by atoms with Crippen LogP contribution in [0.5, 0.6) is 0 Å². The maximum atomic E-state index is 12.4. The van der Waals surface area contributed by atoms with Crippen molar-refractivity contribution in [2.24, 2.45) is 0 Å². The summed E-state index contributed by atoms with van der Waals surface area (Å²) in [5.41, 5.74) is 2.59. The van der Waals surface area contributed by atoms with Crippen LogP contribution in [0.2, 0.25) is 0 Å².